The Hall–Kier alpha value is -1.47. The first-order chi connectivity index (χ1) is 7.90. The van der Waals surface area contributed by atoms with Crippen molar-refractivity contribution in [1.29, 1.82) is 5.26 Å². The Morgan fingerprint density at radius 1 is 1.53 bits per heavy atom. The minimum atomic E-state index is -2.03. The standard InChI is InChI=1S/C8H9N2O6S/c9-3-4-17(15)5-8(13)16-10(14)6(11)1-2-7(10)12/h14H,1-2,4-5H2/q+1. The van der Waals surface area contributed by atoms with Crippen LogP contribution >= 0.6 is 0 Å². The van der Waals surface area contributed by atoms with E-state index in [0.29, 0.717) is 0 Å². The smallest absolute Gasteiger partial charge is 0.421 e. The molecule has 17 heavy (non-hydrogen) atoms. The molecule has 0 aromatic carbocycles. The van der Waals surface area contributed by atoms with Crippen molar-refractivity contribution >= 4 is 29.0 Å². The Kier molecular flexibility index (Phi) is 4.19. The monoisotopic (exact) mass is 261 g/mol. The lowest BCUT2D eigenvalue weighted by Crippen LogP contribution is -2.51. The van der Waals surface area contributed by atoms with E-state index in [9.17, 15) is 24.1 Å². The van der Waals surface area contributed by atoms with E-state index in [1.54, 1.807) is 6.07 Å². The van der Waals surface area contributed by atoms with Gasteiger partial charge in [-0.3, -0.25) is 0 Å². The third kappa shape index (κ3) is 3.01. The predicted molar refractivity (Wildman–Crippen MR) is 50.9 cm³/mol. The fraction of sp³-hybridized carbons (Fsp3) is 0.500. The van der Waals surface area contributed by atoms with E-state index in [0.717, 1.165) is 0 Å². The fourth-order valence-corrected chi connectivity index (χ4v) is 1.75. The van der Waals surface area contributed by atoms with Gasteiger partial charge < -0.3 is 4.55 Å². The van der Waals surface area contributed by atoms with Crippen molar-refractivity contribution in [1.82, 2.24) is 0 Å². The molecular formula is C8H9N2O6S+. The number of quaternary nitrogens is 1. The minimum absolute atomic E-state index is 0.218. The summed E-state index contributed by atoms with van der Waals surface area (Å²) in [6.45, 7) is 0. The van der Waals surface area contributed by atoms with Gasteiger partial charge in [0.25, 0.3) is 0 Å². The summed E-state index contributed by atoms with van der Waals surface area (Å²) in [4.78, 5) is 35.7. The van der Waals surface area contributed by atoms with E-state index in [1.165, 1.54) is 0 Å². The second-order valence-electron chi connectivity index (χ2n) is 3.21. The Morgan fingerprint density at radius 3 is 2.53 bits per heavy atom. The lowest BCUT2D eigenvalue weighted by atomic mass is 10.4. The number of rotatable bonds is 4. The Bertz CT molecular complexity index is 387. The van der Waals surface area contributed by atoms with E-state index in [-0.39, 0.29) is 18.6 Å². The number of carbonyl (C=O) groups excluding carboxylic acids is 3. The molecule has 1 saturated heterocycles. The van der Waals surface area contributed by atoms with Gasteiger partial charge in [0.05, 0.1) is 12.8 Å². The summed E-state index contributed by atoms with van der Waals surface area (Å²) >= 11 is -1.77. The molecule has 1 unspecified atom stereocenters. The van der Waals surface area contributed by atoms with Gasteiger partial charge in [-0.15, -0.1) is 0 Å². The lowest BCUT2D eigenvalue weighted by molar-refractivity contribution is -1.12. The molecule has 0 saturated carbocycles. The third-order valence-corrected chi connectivity index (χ3v) is 2.98. The largest absolute Gasteiger partial charge is 0.615 e. The minimum Gasteiger partial charge on any atom is -0.615 e. The second kappa shape index (κ2) is 5.24. The maximum absolute atomic E-state index is 11.2. The summed E-state index contributed by atoms with van der Waals surface area (Å²) in [5.41, 5.74) is 0. The molecule has 8 nitrogen and oxygen atoms in total. The highest BCUT2D eigenvalue weighted by Crippen LogP contribution is 2.20. The van der Waals surface area contributed by atoms with Gasteiger partial charge in [-0.05, 0) is 11.2 Å². The molecule has 1 N–H and O–H groups in total. The molecule has 1 heterocycles. The fourth-order valence-electron chi connectivity index (χ4n) is 1.19. The Morgan fingerprint density at radius 2 is 2.06 bits per heavy atom. The molecule has 0 aliphatic carbocycles. The van der Waals surface area contributed by atoms with Crippen LogP contribution in [-0.2, 0) is 30.4 Å². The van der Waals surface area contributed by atoms with Crippen LogP contribution < -0.4 is 0 Å². The number of amides is 2. The van der Waals surface area contributed by atoms with Crippen LogP contribution in [0, 0.1) is 11.3 Å². The highest BCUT2D eigenvalue weighted by atomic mass is 32.2. The first kappa shape index (κ1) is 13.6. The van der Waals surface area contributed by atoms with Crippen molar-refractivity contribution in [2.24, 2.45) is 0 Å². The van der Waals surface area contributed by atoms with Crippen LogP contribution in [0.3, 0.4) is 0 Å². The number of nitriles is 1. The molecule has 0 radical (unpaired) electrons. The van der Waals surface area contributed by atoms with Gasteiger partial charge in [0, 0.05) is 0 Å². The number of hydrogen-bond acceptors (Lipinski definition) is 7. The van der Waals surface area contributed by atoms with Crippen LogP contribution in [0.15, 0.2) is 0 Å². The van der Waals surface area contributed by atoms with Crippen molar-refractivity contribution < 1.29 is 33.8 Å². The maximum Gasteiger partial charge on any atom is 0.421 e. The van der Waals surface area contributed by atoms with Crippen molar-refractivity contribution in [2.45, 2.75) is 12.8 Å². The molecule has 0 bridgehead atoms. The lowest BCUT2D eigenvalue weighted by Gasteiger charge is -2.15. The molecule has 1 fully saturated rings. The summed E-state index contributed by atoms with van der Waals surface area (Å²) in [6, 6.07) is 1.58. The first-order valence-electron chi connectivity index (χ1n) is 4.53. The van der Waals surface area contributed by atoms with Crippen molar-refractivity contribution in [3.05, 3.63) is 0 Å². The first-order valence-corrected chi connectivity index (χ1v) is 6.02. The van der Waals surface area contributed by atoms with Gasteiger partial charge in [0.1, 0.15) is 10.9 Å². The SMILES string of the molecule is N#CC[S+]([O-])CC(=O)O[N+]1(O)C(=O)CCC1=O. The molecule has 1 aliphatic heterocycles. The van der Waals surface area contributed by atoms with Crippen LogP contribution in [0.25, 0.3) is 0 Å². The van der Waals surface area contributed by atoms with Gasteiger partial charge in [0.2, 0.25) is 5.75 Å². The molecule has 92 valence electrons. The zero-order chi connectivity index (χ0) is 13.1. The molecule has 1 rings (SSSR count). The number of imide groups is 1. The summed E-state index contributed by atoms with van der Waals surface area (Å²) in [7, 11) is 0. The normalized spacial score (nSPS) is 19.8. The van der Waals surface area contributed by atoms with Crippen molar-refractivity contribution in [2.75, 3.05) is 11.5 Å². The summed E-state index contributed by atoms with van der Waals surface area (Å²) in [6.07, 6.45) is -0.437. The Labute approximate surface area is 99.0 Å². The molecule has 2 amide bonds. The van der Waals surface area contributed by atoms with E-state index in [2.05, 4.69) is 4.84 Å². The number of hydroxylamine groups is 4. The number of carbonyl (C=O) groups is 3. The zero-order valence-electron chi connectivity index (χ0n) is 8.62. The van der Waals surface area contributed by atoms with Crippen LogP contribution in [0.2, 0.25) is 0 Å². The molecule has 1 aliphatic rings. The van der Waals surface area contributed by atoms with Crippen LogP contribution in [-0.4, -0.2) is 43.9 Å². The summed E-state index contributed by atoms with van der Waals surface area (Å²) < 4.78 is 11.0. The molecule has 0 aromatic heterocycles. The van der Waals surface area contributed by atoms with Crippen LogP contribution in [0.5, 0.6) is 0 Å². The van der Waals surface area contributed by atoms with Gasteiger partial charge in [0.15, 0.2) is 5.75 Å². The average molecular weight is 261 g/mol. The van der Waals surface area contributed by atoms with E-state index >= 15 is 0 Å². The molecule has 9 heteroatoms. The van der Waals surface area contributed by atoms with Gasteiger partial charge >= 0.3 is 17.8 Å². The third-order valence-electron chi connectivity index (χ3n) is 1.97. The molecule has 0 aromatic rings. The maximum atomic E-state index is 11.2. The highest BCUT2D eigenvalue weighted by Gasteiger charge is 2.55. The number of hydrogen-bond donors (Lipinski definition) is 1. The highest BCUT2D eigenvalue weighted by molar-refractivity contribution is 7.92. The van der Waals surface area contributed by atoms with Crippen molar-refractivity contribution in [3.8, 4) is 6.07 Å². The predicted octanol–water partition coefficient (Wildman–Crippen LogP) is -1.23. The molecule has 1 atom stereocenters. The summed E-state index contributed by atoms with van der Waals surface area (Å²) in [5, 5.41) is 17.7. The van der Waals surface area contributed by atoms with Crippen LogP contribution in [0.1, 0.15) is 12.8 Å². The number of nitrogens with zero attached hydrogens (tertiary/aromatic N) is 2. The molecule has 0 spiro atoms. The van der Waals surface area contributed by atoms with Gasteiger partial charge in [-0.25, -0.2) is 19.2 Å². The van der Waals surface area contributed by atoms with E-state index in [1.807, 2.05) is 0 Å². The van der Waals surface area contributed by atoms with E-state index in [4.69, 9.17) is 5.26 Å². The average Bonchev–Trinajstić information content (AvgIpc) is 2.46. The quantitative estimate of drug-likeness (QED) is 0.290. The second-order valence-corrected chi connectivity index (χ2v) is 4.67. The van der Waals surface area contributed by atoms with Crippen LogP contribution in [0.4, 0.5) is 0 Å². The molecular weight excluding hydrogens is 252 g/mol. The van der Waals surface area contributed by atoms with E-state index < -0.39 is 39.5 Å². The topological polar surface area (TPSA) is 128 Å². The summed E-state index contributed by atoms with van der Waals surface area (Å²) in [5.74, 6) is -4.11. The van der Waals surface area contributed by atoms with Crippen molar-refractivity contribution in [3.63, 3.8) is 0 Å². The van der Waals surface area contributed by atoms with Gasteiger partial charge in [-0.2, -0.15) is 10.5 Å². The Balaban J connectivity index is 2.60. The zero-order valence-corrected chi connectivity index (χ0v) is 9.44. The van der Waals surface area contributed by atoms with Gasteiger partial charge in [-0.1, -0.05) is 0 Å².